The maximum absolute atomic E-state index is 11.9. The lowest BCUT2D eigenvalue weighted by Gasteiger charge is -2.56. The maximum atomic E-state index is 11.9. The number of likely N-dealkylation sites (N-methyl/N-ethyl adjacent to an activating group) is 1. The molecule has 1 aromatic rings. The van der Waals surface area contributed by atoms with Crippen LogP contribution in [-0.2, 0) is 16.6 Å². The second kappa shape index (κ2) is 4.61. The number of carbonyl (C=O) groups is 1. The topological polar surface area (TPSA) is 59.0 Å². The summed E-state index contributed by atoms with van der Waals surface area (Å²) in [5.74, 6) is -0.526. The van der Waals surface area contributed by atoms with E-state index in [1.165, 1.54) is 0 Å². The largest absolute Gasteiger partial charge is 0.482 e. The van der Waals surface area contributed by atoms with Crippen molar-refractivity contribution in [3.05, 3.63) is 35.4 Å². The van der Waals surface area contributed by atoms with Gasteiger partial charge in [-0.25, -0.2) is 0 Å². The molecule has 0 aromatic heterocycles. The number of piperidine rings is 1. The van der Waals surface area contributed by atoms with Crippen molar-refractivity contribution in [2.45, 2.75) is 43.4 Å². The Balaban J connectivity index is 1.67. The zero-order valence-corrected chi connectivity index (χ0v) is 13.4. The van der Waals surface area contributed by atoms with Crippen molar-refractivity contribution in [3.63, 3.8) is 0 Å². The first-order valence-corrected chi connectivity index (χ1v) is 8.35. The van der Waals surface area contributed by atoms with Gasteiger partial charge in [-0.05, 0) is 38.1 Å². The van der Waals surface area contributed by atoms with Gasteiger partial charge in [0.1, 0.15) is 12.2 Å². The van der Waals surface area contributed by atoms with E-state index in [0.717, 1.165) is 30.5 Å². The molecule has 1 N–H and O–H groups in total. The van der Waals surface area contributed by atoms with E-state index in [1.807, 2.05) is 6.07 Å². The number of likely N-dealkylation sites (tertiary alicyclic amines) is 1. The number of ether oxygens (including phenoxy) is 2. The Morgan fingerprint density at radius 3 is 3.21 bits per heavy atom. The Kier molecular flexibility index (Phi) is 2.24. The lowest BCUT2D eigenvalue weighted by Crippen LogP contribution is -2.64. The molecule has 5 atom stereocenters. The number of hydrogen-bond donors (Lipinski definition) is 1. The van der Waals surface area contributed by atoms with Crippen LogP contribution in [0.1, 0.15) is 28.5 Å². The highest BCUT2D eigenvalue weighted by Gasteiger charge is 2.64. The summed E-state index contributed by atoms with van der Waals surface area (Å²) in [6.45, 7) is -1.95. The highest BCUT2D eigenvalue weighted by Crippen LogP contribution is 2.62. The fourth-order valence-electron chi connectivity index (χ4n) is 5.41. The molecule has 0 amide bonds. The smallest absolute Gasteiger partial charge is 0.308 e. The average molecular weight is 330 g/mol. The number of benzene rings is 1. The van der Waals surface area contributed by atoms with Crippen LogP contribution in [0.2, 0.25) is 0 Å². The van der Waals surface area contributed by atoms with Crippen molar-refractivity contribution >= 4 is 5.97 Å². The highest BCUT2D eigenvalue weighted by molar-refractivity contribution is 5.72. The van der Waals surface area contributed by atoms with Gasteiger partial charge in [0.2, 0.25) is 0 Å². The van der Waals surface area contributed by atoms with Gasteiger partial charge in [-0.15, -0.1) is 0 Å². The van der Waals surface area contributed by atoms with Crippen LogP contribution in [0.3, 0.4) is 0 Å². The van der Waals surface area contributed by atoms with Crippen molar-refractivity contribution in [1.82, 2.24) is 4.90 Å². The van der Waals surface area contributed by atoms with E-state index in [4.69, 9.17) is 13.6 Å². The Labute approximate surface area is 145 Å². The predicted molar refractivity (Wildman–Crippen MR) is 87.2 cm³/mol. The zero-order chi connectivity index (χ0) is 19.1. The standard InChI is InChI=1S/C19H21NO4/c1-10(21)23-15-6-3-11-9-13-12-4-5-14(22)18-19(12,7-8-20(13)2)16(11)17(15)24-18/h3-6,12-14,18,22H,7-9H2,1-2H3/t12-,13+,14-,18-,19-/m0/s1/i1D3. The third kappa shape index (κ3) is 1.59. The summed E-state index contributed by atoms with van der Waals surface area (Å²) in [5.41, 5.74) is 1.74. The molecule has 0 radical (unpaired) electrons. The first-order valence-electron chi connectivity index (χ1n) is 9.85. The monoisotopic (exact) mass is 330 g/mol. The van der Waals surface area contributed by atoms with Gasteiger partial charge in [0.05, 0.1) is 0 Å². The van der Waals surface area contributed by atoms with Crippen LogP contribution in [0.5, 0.6) is 11.5 Å². The Bertz CT molecular complexity index is 867. The number of aliphatic hydroxyl groups is 1. The number of aliphatic hydroxyl groups excluding tert-OH is 1. The van der Waals surface area contributed by atoms with Gasteiger partial charge >= 0.3 is 5.97 Å². The van der Waals surface area contributed by atoms with E-state index in [1.54, 1.807) is 12.1 Å². The van der Waals surface area contributed by atoms with Crippen LogP contribution in [-0.4, -0.2) is 47.8 Å². The minimum Gasteiger partial charge on any atom is -0.482 e. The lowest BCUT2D eigenvalue weighted by atomic mass is 9.53. The molecule has 24 heavy (non-hydrogen) atoms. The van der Waals surface area contributed by atoms with E-state index >= 15 is 0 Å². The molecule has 2 bridgehead atoms. The molecule has 126 valence electrons. The van der Waals surface area contributed by atoms with Gasteiger partial charge in [0, 0.05) is 33.9 Å². The average Bonchev–Trinajstić information content (AvgIpc) is 2.96. The molecule has 0 saturated carbocycles. The summed E-state index contributed by atoms with van der Waals surface area (Å²) in [6.07, 6.45) is 4.36. The second-order valence-electron chi connectivity index (χ2n) is 7.30. The molecule has 2 heterocycles. The summed E-state index contributed by atoms with van der Waals surface area (Å²) in [4.78, 5) is 14.3. The van der Waals surface area contributed by atoms with E-state index in [2.05, 4.69) is 18.0 Å². The molecule has 1 fully saturated rings. The third-order valence-corrected chi connectivity index (χ3v) is 6.34. The lowest BCUT2D eigenvalue weighted by molar-refractivity contribution is -0.132. The molecular weight excluding hydrogens is 306 g/mol. The van der Waals surface area contributed by atoms with Crippen molar-refractivity contribution in [2.24, 2.45) is 5.92 Å². The Morgan fingerprint density at radius 2 is 2.38 bits per heavy atom. The predicted octanol–water partition coefficient (Wildman–Crippen LogP) is 1.42. The van der Waals surface area contributed by atoms with Crippen LogP contribution in [0.4, 0.5) is 0 Å². The summed E-state index contributed by atoms with van der Waals surface area (Å²) in [5, 5.41) is 10.6. The molecule has 0 unspecified atom stereocenters. The normalized spacial score (nSPS) is 40.8. The molecular formula is C19H21NO4. The molecule has 5 heteroatoms. The molecule has 1 aromatic carbocycles. The van der Waals surface area contributed by atoms with E-state index < -0.39 is 25.0 Å². The van der Waals surface area contributed by atoms with Crippen LogP contribution >= 0.6 is 0 Å². The first kappa shape index (κ1) is 11.7. The first-order chi connectivity index (χ1) is 12.7. The van der Waals surface area contributed by atoms with Gasteiger partial charge in [-0.1, -0.05) is 18.2 Å². The molecule has 4 aliphatic rings. The fourth-order valence-corrected chi connectivity index (χ4v) is 5.41. The van der Waals surface area contributed by atoms with E-state index in [0.29, 0.717) is 11.8 Å². The molecule has 1 spiro atoms. The van der Waals surface area contributed by atoms with Crippen molar-refractivity contribution in [2.75, 3.05) is 13.6 Å². The van der Waals surface area contributed by atoms with E-state index in [-0.39, 0.29) is 17.1 Å². The van der Waals surface area contributed by atoms with Crippen molar-refractivity contribution < 1.29 is 23.5 Å². The quantitative estimate of drug-likeness (QED) is 0.479. The number of hydrogen-bond acceptors (Lipinski definition) is 5. The minimum atomic E-state index is -2.84. The van der Waals surface area contributed by atoms with Gasteiger partial charge in [-0.2, -0.15) is 0 Å². The fraction of sp³-hybridized carbons (Fsp3) is 0.526. The third-order valence-electron chi connectivity index (χ3n) is 6.34. The van der Waals surface area contributed by atoms with Gasteiger partial charge in [0.15, 0.2) is 11.5 Å². The van der Waals surface area contributed by atoms with E-state index in [9.17, 15) is 9.90 Å². The maximum Gasteiger partial charge on any atom is 0.308 e. The number of rotatable bonds is 1. The second-order valence-corrected chi connectivity index (χ2v) is 7.30. The Hall–Kier alpha value is -1.85. The Morgan fingerprint density at radius 1 is 1.50 bits per heavy atom. The highest BCUT2D eigenvalue weighted by atomic mass is 16.6. The van der Waals surface area contributed by atoms with Gasteiger partial charge < -0.3 is 19.5 Å². The zero-order valence-electron chi connectivity index (χ0n) is 16.4. The molecule has 1 saturated heterocycles. The van der Waals surface area contributed by atoms with Crippen molar-refractivity contribution in [3.8, 4) is 11.5 Å². The minimum absolute atomic E-state index is 0.127. The summed E-state index contributed by atoms with van der Waals surface area (Å²) in [7, 11) is 2.12. The molecule has 2 aliphatic heterocycles. The molecule has 2 aliphatic carbocycles. The van der Waals surface area contributed by atoms with Crippen LogP contribution in [0, 0.1) is 5.92 Å². The van der Waals surface area contributed by atoms with Gasteiger partial charge in [0.25, 0.3) is 0 Å². The SMILES string of the molecule is [2H]C([2H])([2H])C(=O)Oc1ccc2c3c1O[C@H]1[C@@H](O)C=C[C@H]4[C@@H](C2)N(C)CC[C@@]341. The molecule has 5 nitrogen and oxygen atoms in total. The summed E-state index contributed by atoms with van der Waals surface area (Å²) in [6, 6.07) is 3.84. The number of esters is 1. The summed E-state index contributed by atoms with van der Waals surface area (Å²) < 4.78 is 33.2. The number of nitrogens with zero attached hydrogens (tertiary/aromatic N) is 1. The van der Waals surface area contributed by atoms with Crippen LogP contribution < -0.4 is 9.47 Å². The van der Waals surface area contributed by atoms with Crippen molar-refractivity contribution in [1.29, 1.82) is 0 Å². The van der Waals surface area contributed by atoms with Crippen LogP contribution in [0.15, 0.2) is 24.3 Å². The van der Waals surface area contributed by atoms with Crippen LogP contribution in [0.25, 0.3) is 0 Å². The number of carbonyl (C=O) groups excluding carboxylic acids is 1. The summed E-state index contributed by atoms with van der Waals surface area (Å²) >= 11 is 0. The molecule has 5 rings (SSSR count). The van der Waals surface area contributed by atoms with Gasteiger partial charge in [-0.3, -0.25) is 4.79 Å².